The van der Waals surface area contributed by atoms with E-state index in [9.17, 15) is 91.0 Å². The smallest absolute Gasteiger partial charge is 0.354 e. The number of methoxy groups -OCH3 is 1. The molecule has 0 radical (unpaired) electrons. The summed E-state index contributed by atoms with van der Waals surface area (Å²) in [6.45, 7) is 3.89. The Bertz CT molecular complexity index is 9630. The summed E-state index contributed by atoms with van der Waals surface area (Å²) < 4.78 is 94.7. The molecule has 22 rings (SSSR count). The van der Waals surface area contributed by atoms with Gasteiger partial charge in [-0.1, -0.05) is 235 Å². The minimum Gasteiger partial charge on any atom is -0.507 e. The van der Waals surface area contributed by atoms with Gasteiger partial charge in [-0.15, -0.1) is 0 Å². The van der Waals surface area contributed by atoms with Crippen molar-refractivity contribution in [3.05, 3.63) is 489 Å². The van der Waals surface area contributed by atoms with Crippen LogP contribution in [0.3, 0.4) is 0 Å². The van der Waals surface area contributed by atoms with Crippen LogP contribution < -0.4 is 60.7 Å². The predicted molar refractivity (Wildman–Crippen MR) is 563 cm³/mol. The lowest BCUT2D eigenvalue weighted by Gasteiger charge is -2.17. The summed E-state index contributed by atoms with van der Waals surface area (Å²) in [5.41, 5.74) is 0.882. The number of benzene rings is 12. The second-order valence-corrected chi connectivity index (χ2v) is 37.2. The van der Waals surface area contributed by atoms with Gasteiger partial charge in [0.1, 0.15) is 97.6 Å². The van der Waals surface area contributed by atoms with Crippen molar-refractivity contribution in [2.75, 3.05) is 7.11 Å². The lowest BCUT2D eigenvalue weighted by atomic mass is 10.1. The van der Waals surface area contributed by atoms with Gasteiger partial charge in [-0.2, -0.15) is 0 Å². The van der Waals surface area contributed by atoms with Gasteiger partial charge in [0.2, 0.25) is 0 Å². The molecule has 26 nitrogen and oxygen atoms in total. The highest BCUT2D eigenvalue weighted by molar-refractivity contribution is 9.10. The van der Waals surface area contributed by atoms with Gasteiger partial charge >= 0.3 is 28.1 Å². The second kappa shape index (κ2) is 43.3. The fourth-order valence-electron chi connectivity index (χ4n) is 16.7. The van der Waals surface area contributed by atoms with Crippen LogP contribution in [-0.4, -0.2) is 55.5 Å². The Morgan fingerprint density at radius 1 is 0.351 bits per heavy atom. The molecule has 12 aromatic carbocycles. The first-order valence-corrected chi connectivity index (χ1v) is 48.3. The predicted octanol–water partition coefficient (Wildman–Crippen LogP) is 23.0. The van der Waals surface area contributed by atoms with E-state index in [1.54, 1.807) is 145 Å². The van der Waals surface area contributed by atoms with E-state index in [1.165, 1.54) is 85.0 Å². The minimum atomic E-state index is -0.857. The summed E-state index contributed by atoms with van der Waals surface area (Å²) in [4.78, 5) is 129. The van der Waals surface area contributed by atoms with Gasteiger partial charge in [0.25, 0.3) is 27.8 Å². The van der Waals surface area contributed by atoms with Gasteiger partial charge in [-0.05, 0) is 173 Å². The maximum atomic E-state index is 14.3. The molecule has 0 aliphatic rings. The lowest BCUT2D eigenvalue weighted by Crippen LogP contribution is -2.24. The Morgan fingerprint density at radius 2 is 0.784 bits per heavy atom. The van der Waals surface area contributed by atoms with E-state index in [1.807, 2.05) is 153 Å². The van der Waals surface area contributed by atoms with Crippen LogP contribution in [0.25, 0.3) is 122 Å². The first-order chi connectivity index (χ1) is 71.5. The van der Waals surface area contributed by atoms with Crippen LogP contribution in [0.4, 0.5) is 17.6 Å². The van der Waals surface area contributed by atoms with Crippen LogP contribution >= 0.6 is 51.2 Å². The van der Waals surface area contributed by atoms with Crippen LogP contribution in [-0.2, 0) is 13.1 Å². The van der Waals surface area contributed by atoms with Crippen molar-refractivity contribution < 1.29 is 69.9 Å². The number of para-hydroxylation sites is 4. The molecule has 0 spiro atoms. The Balaban J connectivity index is 0.000000122. The minimum absolute atomic E-state index is 0.0213. The maximum Gasteiger partial charge on any atom is 0.354 e. The standard InChI is InChI=1S/C26H18FNO5S.C26H16FNO4S.C25H15F2NO4S.C20H12BrNO4.C17H15NO4/c1-32-17-6-4-5-15(13-17)14-28-20-8-3-2-7-19(20)23-21(25(28)30)22(29)24(26(31)33-23)34-18-11-9-16(27)10-12-18;27-18-13-7-8-14-21(18)33-24-23(29)22-20(32-26(24)31)15-19(16-9-3-1-4-10-16)28(25(22)30)17-11-5-2-6-12-17;26-15-7-5-8-16(12-15)33-23-21(29)20-22(32-25(23)31)17-9-2-4-11-19(17)28(24(20)30)13-14-6-1-3-10-18(14)27;21-17-18(23)16-15(26-20(17)25)11-14(12-7-3-1-4-8-12)22(19(16)24)13-9-5-2-6-10-13;1-10(2)18-12(11-6-4-3-5-7-11)8-14-16(17(18)21)13(19)9-15(20)22-14/h2-13,29H,14H2,1H3;1-15,29H;1-12,29H,13H2;1-11,23H;3-10,19H,1-2H3. The van der Waals surface area contributed by atoms with Gasteiger partial charge < -0.3 is 66.1 Å². The molecule has 0 saturated carbocycles. The van der Waals surface area contributed by atoms with E-state index < -0.39 is 96.6 Å². The quantitative estimate of drug-likeness (QED) is 0.0417. The molecule has 148 heavy (non-hydrogen) atoms. The van der Waals surface area contributed by atoms with Gasteiger partial charge in [0.15, 0.2) is 34.2 Å². The van der Waals surface area contributed by atoms with E-state index in [2.05, 4.69) is 15.9 Å². The first kappa shape index (κ1) is 100. The third-order valence-electron chi connectivity index (χ3n) is 23.5. The topological polar surface area (TPSA) is 371 Å². The van der Waals surface area contributed by atoms with Gasteiger partial charge in [-0.25, -0.2) is 41.5 Å². The molecule has 0 aliphatic heterocycles. The maximum absolute atomic E-state index is 14.3. The molecule has 0 atom stereocenters. The molecule has 10 aromatic heterocycles. The van der Waals surface area contributed by atoms with E-state index in [4.69, 9.17) is 26.8 Å². The molecule has 736 valence electrons. The third-order valence-corrected chi connectivity index (χ3v) is 27.4. The van der Waals surface area contributed by atoms with E-state index in [0.717, 1.165) is 51.8 Å². The molecule has 22 aromatic rings. The summed E-state index contributed by atoms with van der Waals surface area (Å²) in [5.74, 6) is -3.65. The normalized spacial score (nSPS) is 11.2. The first-order valence-electron chi connectivity index (χ1n) is 45.1. The summed E-state index contributed by atoms with van der Waals surface area (Å²) in [6, 6.07) is 95.4. The molecule has 5 N–H and O–H groups in total. The van der Waals surface area contributed by atoms with Crippen LogP contribution in [0.5, 0.6) is 34.5 Å². The van der Waals surface area contributed by atoms with E-state index >= 15 is 0 Å². The van der Waals surface area contributed by atoms with Crippen molar-refractivity contribution in [1.82, 2.24) is 22.8 Å². The van der Waals surface area contributed by atoms with Crippen LogP contribution in [0.2, 0.25) is 0 Å². The Hall–Kier alpha value is -18.0. The largest absolute Gasteiger partial charge is 0.507 e. The zero-order valence-electron chi connectivity index (χ0n) is 77.5. The molecule has 0 aliphatic carbocycles. The van der Waals surface area contributed by atoms with E-state index in [0.29, 0.717) is 77.6 Å². The van der Waals surface area contributed by atoms with Crippen molar-refractivity contribution >= 4 is 128 Å². The summed E-state index contributed by atoms with van der Waals surface area (Å²) in [5, 5.41) is 53.7. The molecular formula is C114H76BrF4N5O21S3. The number of ether oxygens (including phenoxy) is 1. The average molecular weight is 2100 g/mol. The number of nitrogens with zero attached hydrogens (tertiary/aromatic N) is 5. The number of aromatic nitrogens is 5. The summed E-state index contributed by atoms with van der Waals surface area (Å²) in [7, 11) is 1.57. The molecule has 10 heterocycles. The highest BCUT2D eigenvalue weighted by Crippen LogP contribution is 2.43. The number of rotatable bonds is 17. The van der Waals surface area contributed by atoms with Crippen molar-refractivity contribution in [2.24, 2.45) is 0 Å². The highest BCUT2D eigenvalue weighted by Gasteiger charge is 2.30. The van der Waals surface area contributed by atoms with Gasteiger partial charge in [0.05, 0.1) is 54.4 Å². The number of fused-ring (bicyclic) bond motifs is 9. The van der Waals surface area contributed by atoms with Crippen molar-refractivity contribution in [1.29, 1.82) is 0 Å². The fraction of sp³-hybridized carbons (Fsp3) is 0.0526. The third kappa shape index (κ3) is 20.4. The van der Waals surface area contributed by atoms with Crippen molar-refractivity contribution in [3.63, 3.8) is 0 Å². The SMILES string of the molecule is CC(C)n1c(-c2ccccc2)cc2oc(=O)cc(O)c2c1=O.COc1cccc(Cn2c(=O)c3c(O)c(Sc4ccc(F)cc4)c(=O)oc3c3ccccc32)c1.O=c1oc2c(c(O)c1Sc1cccc(F)c1)c(=O)n(Cc1ccccc1F)c1ccccc21.O=c1oc2cc(-c3ccccc3)n(-c3ccccc3)c(=O)c2c(O)c1Br.O=c1oc2cc(-c3ccccc3)n(-c3ccccc3)c(=O)c2c(O)c1Sc1ccccc1F. The number of halogens is 5. The molecule has 0 fully saturated rings. The molecular weight excluding hydrogens is 2030 g/mol. The Morgan fingerprint density at radius 3 is 1.30 bits per heavy atom. The average Bonchev–Trinajstić information content (AvgIpc) is 0.707. The van der Waals surface area contributed by atoms with Crippen LogP contribution in [0, 0.1) is 23.3 Å². The summed E-state index contributed by atoms with van der Waals surface area (Å²) in [6.07, 6.45) is 0. The Labute approximate surface area is 852 Å². The number of aromatic hydroxyl groups is 5. The van der Waals surface area contributed by atoms with Crippen LogP contribution in [0.15, 0.2) is 450 Å². The number of pyridine rings is 5. The number of hydrogen-bond acceptors (Lipinski definition) is 24. The van der Waals surface area contributed by atoms with Gasteiger partial charge in [-0.3, -0.25) is 33.1 Å². The Kier molecular flexibility index (Phi) is 29.3. The van der Waals surface area contributed by atoms with Crippen molar-refractivity contribution in [2.45, 2.75) is 62.4 Å². The second-order valence-electron chi connectivity index (χ2n) is 33.1. The lowest BCUT2D eigenvalue weighted by molar-refractivity contribution is 0.414. The molecule has 34 heteroatoms. The zero-order chi connectivity index (χ0) is 104. The molecule has 0 saturated heterocycles. The summed E-state index contributed by atoms with van der Waals surface area (Å²) >= 11 is 5.39. The fourth-order valence-corrected chi connectivity index (χ4v) is 19.5. The van der Waals surface area contributed by atoms with Crippen molar-refractivity contribution in [3.8, 4) is 79.6 Å². The molecule has 0 amide bonds. The molecule has 0 unspecified atom stereocenters. The molecule has 0 bridgehead atoms. The monoisotopic (exact) mass is 2100 g/mol. The van der Waals surface area contributed by atoms with Gasteiger partial charge in [0, 0.05) is 66.6 Å². The highest BCUT2D eigenvalue weighted by atomic mass is 79.9. The number of hydrogen-bond donors (Lipinski definition) is 5. The van der Waals surface area contributed by atoms with Crippen LogP contribution in [0.1, 0.15) is 31.0 Å². The van der Waals surface area contributed by atoms with E-state index in [-0.39, 0.29) is 115 Å². The zero-order valence-corrected chi connectivity index (χ0v) is 81.6.